The first-order valence-corrected chi connectivity index (χ1v) is 11.9. The minimum Gasteiger partial charge on any atom is -0.493 e. The summed E-state index contributed by atoms with van der Waals surface area (Å²) in [6.07, 6.45) is 0. The second kappa shape index (κ2) is 12.0. The molecule has 180 valence electrons. The Morgan fingerprint density at radius 2 is 1.79 bits per heavy atom. The number of carbonyl (C=O) groups is 2. The highest BCUT2D eigenvalue weighted by atomic mass is 35.5. The van der Waals surface area contributed by atoms with Crippen molar-refractivity contribution < 1.29 is 19.1 Å². The van der Waals surface area contributed by atoms with Gasteiger partial charge < -0.3 is 24.7 Å². The molecule has 0 saturated heterocycles. The minimum atomic E-state index is -0.290. The Morgan fingerprint density at radius 3 is 2.47 bits per heavy atom. The summed E-state index contributed by atoms with van der Waals surface area (Å²) in [5.41, 5.74) is 0.976. The standard InChI is InChI=1S/C22H23Cl2N5O4S/c1-4-29-19(11-25-21(31)13-5-8-17(32-2)18(9-13)33-3)27-28-22(29)34-12-20(30)26-14-6-7-15(23)16(24)10-14/h5-10H,4,11-12H2,1-3H3,(H,25,31)(H,26,30). The monoisotopic (exact) mass is 523 g/mol. The second-order valence-electron chi connectivity index (χ2n) is 6.86. The van der Waals surface area contributed by atoms with E-state index in [9.17, 15) is 9.59 Å². The molecule has 0 fully saturated rings. The third-order valence-electron chi connectivity index (χ3n) is 4.70. The van der Waals surface area contributed by atoms with Crippen LogP contribution < -0.4 is 20.1 Å². The molecule has 3 rings (SSSR count). The van der Waals surface area contributed by atoms with Crippen LogP contribution in [0.5, 0.6) is 11.5 Å². The molecule has 0 atom stereocenters. The van der Waals surface area contributed by atoms with Crippen LogP contribution in [0.1, 0.15) is 23.1 Å². The Morgan fingerprint density at radius 1 is 1.03 bits per heavy atom. The van der Waals surface area contributed by atoms with Gasteiger partial charge in [0.05, 0.1) is 36.6 Å². The fraction of sp³-hybridized carbons (Fsp3) is 0.273. The SMILES string of the molecule is CCn1c(CNC(=O)c2ccc(OC)c(OC)c2)nnc1SCC(=O)Nc1ccc(Cl)c(Cl)c1. The summed E-state index contributed by atoms with van der Waals surface area (Å²) in [4.78, 5) is 24.9. The second-order valence-corrected chi connectivity index (χ2v) is 8.62. The number of ether oxygens (including phenoxy) is 2. The molecular formula is C22H23Cl2N5O4S. The van der Waals surface area contributed by atoms with Gasteiger partial charge in [0.2, 0.25) is 5.91 Å². The van der Waals surface area contributed by atoms with Crippen LogP contribution in [-0.4, -0.2) is 46.6 Å². The topological polar surface area (TPSA) is 107 Å². The number of thioether (sulfide) groups is 1. The van der Waals surface area contributed by atoms with E-state index in [1.54, 1.807) is 36.4 Å². The molecule has 0 radical (unpaired) electrons. The molecule has 2 aromatic carbocycles. The molecule has 34 heavy (non-hydrogen) atoms. The average Bonchev–Trinajstić information content (AvgIpc) is 3.24. The lowest BCUT2D eigenvalue weighted by molar-refractivity contribution is -0.113. The van der Waals surface area contributed by atoms with Crippen molar-refractivity contribution in [1.82, 2.24) is 20.1 Å². The lowest BCUT2D eigenvalue weighted by Crippen LogP contribution is -2.25. The molecular weight excluding hydrogens is 501 g/mol. The van der Waals surface area contributed by atoms with Crippen molar-refractivity contribution >= 4 is 52.5 Å². The quantitative estimate of drug-likeness (QED) is 0.381. The Balaban J connectivity index is 1.58. The van der Waals surface area contributed by atoms with Crippen molar-refractivity contribution in [1.29, 1.82) is 0 Å². The van der Waals surface area contributed by atoms with Gasteiger partial charge in [-0.05, 0) is 43.3 Å². The van der Waals surface area contributed by atoms with E-state index in [-0.39, 0.29) is 24.1 Å². The molecule has 3 aromatic rings. The highest BCUT2D eigenvalue weighted by molar-refractivity contribution is 7.99. The van der Waals surface area contributed by atoms with E-state index in [0.717, 1.165) is 0 Å². The van der Waals surface area contributed by atoms with E-state index in [4.69, 9.17) is 32.7 Å². The van der Waals surface area contributed by atoms with Crippen molar-refractivity contribution in [2.75, 3.05) is 25.3 Å². The molecule has 0 unspecified atom stereocenters. The average molecular weight is 524 g/mol. The normalized spacial score (nSPS) is 10.6. The van der Waals surface area contributed by atoms with Gasteiger partial charge in [-0.3, -0.25) is 9.59 Å². The fourth-order valence-corrected chi connectivity index (χ4v) is 4.13. The van der Waals surface area contributed by atoms with Gasteiger partial charge in [-0.25, -0.2) is 0 Å². The molecule has 2 N–H and O–H groups in total. The Hall–Kier alpha value is -2.95. The summed E-state index contributed by atoms with van der Waals surface area (Å²) in [5.74, 6) is 1.18. The number of methoxy groups -OCH3 is 2. The van der Waals surface area contributed by atoms with Gasteiger partial charge >= 0.3 is 0 Å². The fourth-order valence-electron chi connectivity index (χ4n) is 3.01. The third kappa shape index (κ3) is 6.34. The number of hydrogen-bond donors (Lipinski definition) is 2. The van der Waals surface area contributed by atoms with Crippen molar-refractivity contribution in [3.8, 4) is 11.5 Å². The summed E-state index contributed by atoms with van der Waals surface area (Å²) in [7, 11) is 3.04. The van der Waals surface area contributed by atoms with Crippen molar-refractivity contribution in [2.24, 2.45) is 0 Å². The van der Waals surface area contributed by atoms with E-state index in [2.05, 4.69) is 20.8 Å². The number of rotatable bonds is 10. The first-order valence-electron chi connectivity index (χ1n) is 10.2. The molecule has 0 aliphatic heterocycles. The van der Waals surface area contributed by atoms with Gasteiger partial charge in [-0.2, -0.15) is 0 Å². The van der Waals surface area contributed by atoms with E-state index in [1.165, 1.54) is 26.0 Å². The lowest BCUT2D eigenvalue weighted by atomic mass is 10.2. The van der Waals surface area contributed by atoms with E-state index >= 15 is 0 Å². The molecule has 12 heteroatoms. The first kappa shape index (κ1) is 25.7. The van der Waals surface area contributed by atoms with Gasteiger partial charge in [0.15, 0.2) is 22.5 Å². The number of anilines is 1. The van der Waals surface area contributed by atoms with Crippen LogP contribution in [0, 0.1) is 0 Å². The molecule has 0 spiro atoms. The highest BCUT2D eigenvalue weighted by Crippen LogP contribution is 2.28. The molecule has 0 aliphatic rings. The maximum Gasteiger partial charge on any atom is 0.251 e. The number of amides is 2. The van der Waals surface area contributed by atoms with Gasteiger partial charge in [0, 0.05) is 17.8 Å². The van der Waals surface area contributed by atoms with Crippen molar-refractivity contribution in [2.45, 2.75) is 25.2 Å². The molecule has 0 bridgehead atoms. The molecule has 0 saturated carbocycles. The highest BCUT2D eigenvalue weighted by Gasteiger charge is 2.16. The van der Waals surface area contributed by atoms with Crippen LogP contribution in [0.2, 0.25) is 10.0 Å². The zero-order valence-corrected chi connectivity index (χ0v) is 21.1. The predicted molar refractivity (Wildman–Crippen MR) is 132 cm³/mol. The molecule has 2 amide bonds. The van der Waals surface area contributed by atoms with Gasteiger partial charge in [-0.15, -0.1) is 10.2 Å². The molecule has 1 heterocycles. The maximum atomic E-state index is 12.6. The van der Waals surface area contributed by atoms with E-state index in [0.29, 0.717) is 50.3 Å². The minimum absolute atomic E-state index is 0.121. The van der Waals surface area contributed by atoms with Gasteiger partial charge in [0.25, 0.3) is 5.91 Å². The van der Waals surface area contributed by atoms with Crippen molar-refractivity contribution in [3.05, 3.63) is 57.8 Å². The summed E-state index contributed by atoms with van der Waals surface area (Å²) in [6, 6.07) is 9.79. The number of carbonyl (C=O) groups excluding carboxylic acids is 2. The Kier molecular flexibility index (Phi) is 9.03. The summed E-state index contributed by atoms with van der Waals surface area (Å²) in [6.45, 7) is 2.68. The van der Waals surface area contributed by atoms with E-state index < -0.39 is 0 Å². The zero-order valence-electron chi connectivity index (χ0n) is 18.7. The lowest BCUT2D eigenvalue weighted by Gasteiger charge is -2.11. The number of benzene rings is 2. The molecule has 9 nitrogen and oxygen atoms in total. The van der Waals surface area contributed by atoms with Crippen LogP contribution in [0.25, 0.3) is 0 Å². The summed E-state index contributed by atoms with van der Waals surface area (Å²) in [5, 5.41) is 15.3. The Bertz CT molecular complexity index is 1190. The number of halogens is 2. The number of nitrogens with one attached hydrogen (secondary N) is 2. The number of nitrogens with zero attached hydrogens (tertiary/aromatic N) is 3. The largest absolute Gasteiger partial charge is 0.493 e. The van der Waals surface area contributed by atoms with E-state index in [1.807, 2.05) is 11.5 Å². The van der Waals surface area contributed by atoms with Crippen LogP contribution in [0.15, 0.2) is 41.6 Å². The summed E-state index contributed by atoms with van der Waals surface area (Å²) >= 11 is 13.1. The predicted octanol–water partition coefficient (Wildman–Crippen LogP) is 4.28. The summed E-state index contributed by atoms with van der Waals surface area (Å²) < 4.78 is 12.3. The van der Waals surface area contributed by atoms with Crippen LogP contribution in [0.4, 0.5) is 5.69 Å². The van der Waals surface area contributed by atoms with Crippen LogP contribution >= 0.6 is 35.0 Å². The number of aromatic nitrogens is 3. The molecule has 0 aliphatic carbocycles. The van der Waals surface area contributed by atoms with Crippen LogP contribution in [0.3, 0.4) is 0 Å². The first-order chi connectivity index (χ1) is 16.4. The zero-order chi connectivity index (χ0) is 24.7. The van der Waals surface area contributed by atoms with Gasteiger partial charge in [-0.1, -0.05) is 35.0 Å². The smallest absolute Gasteiger partial charge is 0.251 e. The number of hydrogen-bond acceptors (Lipinski definition) is 7. The maximum absolute atomic E-state index is 12.6. The third-order valence-corrected chi connectivity index (χ3v) is 6.40. The molecule has 1 aromatic heterocycles. The van der Waals surface area contributed by atoms with Crippen molar-refractivity contribution in [3.63, 3.8) is 0 Å². The van der Waals surface area contributed by atoms with Gasteiger partial charge in [0.1, 0.15) is 0 Å². The van der Waals surface area contributed by atoms with Crippen LogP contribution in [-0.2, 0) is 17.9 Å². The Labute approximate surface area is 211 Å².